The molecule has 1 radical (unpaired) electrons. The highest BCUT2D eigenvalue weighted by atomic mass is 28.3. The number of hydrogen-bond donors (Lipinski definition) is 1. The molecule has 0 aliphatic rings. The minimum absolute atomic E-state index is 0.00653. The Kier molecular flexibility index (Phi) is 5.46. The van der Waals surface area contributed by atoms with Crippen molar-refractivity contribution in [3.8, 4) is 0 Å². The van der Waals surface area contributed by atoms with Gasteiger partial charge in [0.15, 0.2) is 0 Å². The smallest absolute Gasteiger partial charge is 0.205 e. The number of hydrogen-bond acceptors (Lipinski definition) is 4. The molecular formula is C13H23N2O2Si. The monoisotopic (exact) mass is 267 g/mol. The van der Waals surface area contributed by atoms with Crippen LogP contribution in [0.15, 0.2) is 18.5 Å². The molecule has 0 saturated heterocycles. The summed E-state index contributed by atoms with van der Waals surface area (Å²) in [4.78, 5) is 9.28. The van der Waals surface area contributed by atoms with Crippen molar-refractivity contribution in [2.75, 3.05) is 6.61 Å². The topological polar surface area (TPSA) is 57.4 Å². The first-order chi connectivity index (χ1) is 8.36. The Balaban J connectivity index is 2.98. The highest BCUT2D eigenvalue weighted by Crippen LogP contribution is 2.30. The summed E-state index contributed by atoms with van der Waals surface area (Å²) >= 11 is 0. The van der Waals surface area contributed by atoms with Gasteiger partial charge in [-0.05, 0) is 35.7 Å². The fraction of sp³-hybridized carbons (Fsp3) is 0.615. The molecule has 1 atom stereocenters. The van der Waals surface area contributed by atoms with E-state index >= 15 is 0 Å². The summed E-state index contributed by atoms with van der Waals surface area (Å²) in [6.45, 7) is 11.1. The molecule has 1 unspecified atom stereocenters. The van der Waals surface area contributed by atoms with Crippen LogP contribution in [0.25, 0.3) is 0 Å². The van der Waals surface area contributed by atoms with Crippen molar-refractivity contribution in [2.45, 2.75) is 45.4 Å². The van der Waals surface area contributed by atoms with Crippen molar-refractivity contribution in [3.05, 3.63) is 29.6 Å². The molecular weight excluding hydrogens is 244 g/mol. The lowest BCUT2D eigenvalue weighted by molar-refractivity contribution is 0.0167. The van der Waals surface area contributed by atoms with Crippen LogP contribution in [-0.4, -0.2) is 20.6 Å². The summed E-state index contributed by atoms with van der Waals surface area (Å²) in [5, 5.41) is 0. The quantitative estimate of drug-likeness (QED) is 0.658. The fourth-order valence-corrected chi connectivity index (χ4v) is 2.24. The van der Waals surface area contributed by atoms with Crippen molar-refractivity contribution in [3.63, 3.8) is 0 Å². The molecule has 5 heteroatoms. The Bertz CT molecular complexity index is 377. The molecule has 0 spiro atoms. The first-order valence-corrected chi connectivity index (χ1v) is 8.50. The fourth-order valence-electron chi connectivity index (χ4n) is 1.76. The van der Waals surface area contributed by atoms with Gasteiger partial charge in [-0.2, -0.15) is 0 Å². The van der Waals surface area contributed by atoms with Gasteiger partial charge in [0.25, 0.3) is 0 Å². The zero-order valence-corrected chi connectivity index (χ0v) is 12.9. The molecule has 0 amide bonds. The van der Waals surface area contributed by atoms with Gasteiger partial charge in [-0.25, -0.2) is 5.90 Å². The van der Waals surface area contributed by atoms with Gasteiger partial charge in [-0.3, -0.25) is 9.82 Å². The SMILES string of the molecule is C[Si](C)OCC(ON)c1ccncc1C(C)(C)C. The highest BCUT2D eigenvalue weighted by Gasteiger charge is 2.23. The largest absolute Gasteiger partial charge is 0.414 e. The molecule has 2 N–H and O–H groups in total. The summed E-state index contributed by atoms with van der Waals surface area (Å²) < 4.78 is 5.69. The van der Waals surface area contributed by atoms with Crippen molar-refractivity contribution in [1.82, 2.24) is 4.98 Å². The summed E-state index contributed by atoms with van der Waals surface area (Å²) in [6, 6.07) is 1.96. The van der Waals surface area contributed by atoms with E-state index in [1.54, 1.807) is 6.20 Å². The number of rotatable bonds is 5. The molecule has 0 bridgehead atoms. The molecule has 1 heterocycles. The summed E-state index contributed by atoms with van der Waals surface area (Å²) in [7, 11) is -0.745. The summed E-state index contributed by atoms with van der Waals surface area (Å²) in [5.74, 6) is 5.41. The number of aromatic nitrogens is 1. The Morgan fingerprint density at radius 2 is 2.06 bits per heavy atom. The Morgan fingerprint density at radius 1 is 1.39 bits per heavy atom. The van der Waals surface area contributed by atoms with Crippen LogP contribution >= 0.6 is 0 Å². The van der Waals surface area contributed by atoms with Gasteiger partial charge in [-0.1, -0.05) is 20.8 Å². The number of pyridine rings is 1. The van der Waals surface area contributed by atoms with Gasteiger partial charge in [0.2, 0.25) is 9.04 Å². The average Bonchev–Trinajstić information content (AvgIpc) is 2.29. The molecule has 0 aliphatic heterocycles. The highest BCUT2D eigenvalue weighted by molar-refractivity contribution is 6.48. The van der Waals surface area contributed by atoms with E-state index in [9.17, 15) is 0 Å². The second-order valence-corrected chi connectivity index (χ2v) is 7.66. The second kappa shape index (κ2) is 6.42. The van der Waals surface area contributed by atoms with Crippen LogP contribution in [-0.2, 0) is 14.7 Å². The normalized spacial score (nSPS) is 13.9. The van der Waals surface area contributed by atoms with Gasteiger partial charge >= 0.3 is 0 Å². The molecule has 1 rings (SSSR count). The van der Waals surface area contributed by atoms with E-state index in [4.69, 9.17) is 15.2 Å². The third-order valence-corrected chi connectivity index (χ3v) is 3.44. The number of nitrogens with two attached hydrogens (primary N) is 1. The molecule has 1 aromatic heterocycles. The third kappa shape index (κ3) is 4.17. The minimum atomic E-state index is -0.745. The Morgan fingerprint density at radius 3 is 2.56 bits per heavy atom. The van der Waals surface area contributed by atoms with E-state index in [2.05, 4.69) is 38.8 Å². The molecule has 4 nitrogen and oxygen atoms in total. The van der Waals surface area contributed by atoms with E-state index in [1.807, 2.05) is 12.3 Å². The summed E-state index contributed by atoms with van der Waals surface area (Å²) in [5.41, 5.74) is 2.21. The maximum absolute atomic E-state index is 5.69. The maximum atomic E-state index is 5.69. The molecule has 18 heavy (non-hydrogen) atoms. The Hall–Kier alpha value is -0.753. The van der Waals surface area contributed by atoms with Gasteiger partial charge in [-0.15, -0.1) is 0 Å². The Labute approximate surface area is 111 Å². The predicted octanol–water partition coefficient (Wildman–Crippen LogP) is 2.58. The second-order valence-electron chi connectivity index (χ2n) is 5.56. The minimum Gasteiger partial charge on any atom is -0.414 e. The lowest BCUT2D eigenvalue weighted by Crippen LogP contribution is -2.24. The molecule has 101 valence electrons. The molecule has 0 aliphatic carbocycles. The third-order valence-electron chi connectivity index (χ3n) is 2.70. The van der Waals surface area contributed by atoms with E-state index in [0.717, 1.165) is 11.1 Å². The van der Waals surface area contributed by atoms with E-state index < -0.39 is 9.04 Å². The van der Waals surface area contributed by atoms with Crippen LogP contribution in [0.1, 0.15) is 38.0 Å². The van der Waals surface area contributed by atoms with Crippen molar-refractivity contribution in [1.29, 1.82) is 0 Å². The van der Waals surface area contributed by atoms with Crippen molar-refractivity contribution in [2.24, 2.45) is 5.90 Å². The van der Waals surface area contributed by atoms with E-state index in [1.165, 1.54) is 0 Å². The first-order valence-electron chi connectivity index (χ1n) is 6.09. The first kappa shape index (κ1) is 15.3. The van der Waals surface area contributed by atoms with Crippen LogP contribution in [0.5, 0.6) is 0 Å². The lowest BCUT2D eigenvalue weighted by Gasteiger charge is -2.26. The molecule has 1 aromatic rings. The maximum Gasteiger partial charge on any atom is 0.205 e. The van der Waals surface area contributed by atoms with Crippen molar-refractivity contribution >= 4 is 9.04 Å². The van der Waals surface area contributed by atoms with Gasteiger partial charge in [0.1, 0.15) is 6.10 Å². The van der Waals surface area contributed by atoms with Crippen molar-refractivity contribution < 1.29 is 9.26 Å². The van der Waals surface area contributed by atoms with Crippen LogP contribution in [0, 0.1) is 0 Å². The zero-order chi connectivity index (χ0) is 13.8. The molecule has 0 saturated carbocycles. The molecule has 0 aromatic carbocycles. The van der Waals surface area contributed by atoms with E-state index in [0.29, 0.717) is 6.61 Å². The molecule has 0 fully saturated rings. The van der Waals surface area contributed by atoms with Gasteiger partial charge in [0, 0.05) is 12.4 Å². The average molecular weight is 267 g/mol. The lowest BCUT2D eigenvalue weighted by atomic mass is 9.84. The van der Waals surface area contributed by atoms with Crippen LogP contribution < -0.4 is 5.90 Å². The predicted molar refractivity (Wildman–Crippen MR) is 74.4 cm³/mol. The van der Waals surface area contributed by atoms with Crippen LogP contribution in [0.2, 0.25) is 13.1 Å². The van der Waals surface area contributed by atoms with Crippen LogP contribution in [0.4, 0.5) is 0 Å². The van der Waals surface area contributed by atoms with Gasteiger partial charge in [0.05, 0.1) is 6.61 Å². The van der Waals surface area contributed by atoms with E-state index in [-0.39, 0.29) is 11.5 Å². The zero-order valence-electron chi connectivity index (χ0n) is 11.9. The number of nitrogens with zero attached hydrogens (tertiary/aromatic N) is 1. The summed E-state index contributed by atoms with van der Waals surface area (Å²) in [6.07, 6.45) is 3.41. The van der Waals surface area contributed by atoms with Gasteiger partial charge < -0.3 is 4.43 Å². The standard InChI is InChI=1S/C13H23N2O2Si/c1-13(2,3)11-8-15-7-6-10(11)12(17-14)9-16-18(4)5/h6-8,12H,9,14H2,1-5H3. The van der Waals surface area contributed by atoms with Crippen LogP contribution in [0.3, 0.4) is 0 Å².